The second-order valence-electron chi connectivity index (χ2n) is 4.66. The predicted molar refractivity (Wildman–Crippen MR) is 85.3 cm³/mol. The number of nitrogens with zero attached hydrogens (tertiary/aromatic N) is 2. The van der Waals surface area contributed by atoms with Gasteiger partial charge in [-0.15, -0.1) is 0 Å². The van der Waals surface area contributed by atoms with Crippen LogP contribution in [0.25, 0.3) is 10.8 Å². The maximum Gasteiger partial charge on any atom is 0.129 e. The molecule has 0 bridgehead atoms. The van der Waals surface area contributed by atoms with Crippen molar-refractivity contribution in [1.29, 1.82) is 0 Å². The fourth-order valence-electron chi connectivity index (χ4n) is 2.22. The number of likely N-dealkylation sites (N-methyl/N-ethyl adjacent to an activating group) is 1. The quantitative estimate of drug-likeness (QED) is 0.437. The molecule has 2 rings (SSSR count). The Morgan fingerprint density at radius 1 is 1.05 bits per heavy atom. The van der Waals surface area contributed by atoms with Gasteiger partial charge in [-0.05, 0) is 23.9 Å². The molecule has 0 aliphatic rings. The van der Waals surface area contributed by atoms with Crippen LogP contribution in [0.2, 0.25) is 0 Å². The second kappa shape index (κ2) is 7.65. The minimum absolute atomic E-state index is 0.628. The maximum absolute atomic E-state index is 5.35. The molecule has 3 heteroatoms. The van der Waals surface area contributed by atoms with Gasteiger partial charge < -0.3 is 9.74 Å². The van der Waals surface area contributed by atoms with Gasteiger partial charge in [0, 0.05) is 12.1 Å². The third-order valence-electron chi connectivity index (χ3n) is 3.48. The summed E-state index contributed by atoms with van der Waals surface area (Å²) in [6.07, 6.45) is 1.80. The normalized spacial score (nSPS) is 11.6. The summed E-state index contributed by atoms with van der Waals surface area (Å²) in [6, 6.07) is 14.5. The highest BCUT2D eigenvalue weighted by Gasteiger charge is 1.99. The zero-order valence-electron chi connectivity index (χ0n) is 12.2. The minimum atomic E-state index is 0.628. The minimum Gasteiger partial charge on any atom is -0.394 e. The van der Waals surface area contributed by atoms with E-state index in [-0.39, 0.29) is 0 Å². The predicted octanol–water partition coefficient (Wildman–Crippen LogP) is 3.53. The maximum atomic E-state index is 5.35. The van der Waals surface area contributed by atoms with Gasteiger partial charge in [0.2, 0.25) is 0 Å². The first kappa shape index (κ1) is 14.5. The largest absolute Gasteiger partial charge is 0.394 e. The summed E-state index contributed by atoms with van der Waals surface area (Å²) in [5.41, 5.74) is 1.09. The van der Waals surface area contributed by atoms with Crippen LogP contribution in [0, 0.1) is 0 Å². The van der Waals surface area contributed by atoms with E-state index in [1.807, 2.05) is 18.2 Å². The zero-order chi connectivity index (χ0) is 14.2. The molecule has 0 heterocycles. The van der Waals surface area contributed by atoms with Gasteiger partial charge in [0.1, 0.15) is 6.61 Å². The van der Waals surface area contributed by atoms with Crippen molar-refractivity contribution < 1.29 is 4.84 Å². The van der Waals surface area contributed by atoms with Crippen molar-refractivity contribution in [2.45, 2.75) is 13.8 Å². The Morgan fingerprint density at radius 2 is 1.80 bits per heavy atom. The molecule has 0 radical (unpaired) electrons. The van der Waals surface area contributed by atoms with Gasteiger partial charge in [-0.3, -0.25) is 0 Å². The topological polar surface area (TPSA) is 24.8 Å². The molecule has 106 valence electrons. The SMILES string of the molecule is CCN(CC)CCO/N=C\c1cccc2ccccc12. The third-order valence-corrected chi connectivity index (χ3v) is 3.48. The molecule has 2 aromatic rings. The number of hydrogen-bond acceptors (Lipinski definition) is 3. The molecule has 3 nitrogen and oxygen atoms in total. The van der Waals surface area contributed by atoms with Crippen LogP contribution in [0.5, 0.6) is 0 Å². The molecule has 0 aliphatic heterocycles. The van der Waals surface area contributed by atoms with Crippen LogP contribution < -0.4 is 0 Å². The molecule has 0 aliphatic carbocycles. The molecule has 0 N–H and O–H groups in total. The van der Waals surface area contributed by atoms with Gasteiger partial charge in [-0.2, -0.15) is 0 Å². The Balaban J connectivity index is 1.93. The molecule has 20 heavy (non-hydrogen) atoms. The Labute approximate surface area is 120 Å². The van der Waals surface area contributed by atoms with Crippen LogP contribution in [-0.2, 0) is 4.84 Å². The standard InChI is InChI=1S/C17H22N2O/c1-3-19(4-2)12-13-20-18-14-16-10-7-9-15-8-5-6-11-17(15)16/h5-11,14H,3-4,12-13H2,1-2H3/b18-14-. The van der Waals surface area contributed by atoms with E-state index in [0.29, 0.717) is 6.61 Å². The van der Waals surface area contributed by atoms with Crippen LogP contribution in [0.15, 0.2) is 47.6 Å². The monoisotopic (exact) mass is 270 g/mol. The molecular formula is C17H22N2O. The van der Waals surface area contributed by atoms with E-state index in [1.165, 1.54) is 10.8 Å². The highest BCUT2D eigenvalue weighted by atomic mass is 16.6. The molecule has 0 atom stereocenters. The van der Waals surface area contributed by atoms with Crippen LogP contribution in [0.1, 0.15) is 19.4 Å². The number of hydrogen-bond donors (Lipinski definition) is 0. The lowest BCUT2D eigenvalue weighted by atomic mass is 10.1. The Hall–Kier alpha value is -1.87. The lowest BCUT2D eigenvalue weighted by Gasteiger charge is -2.16. The highest BCUT2D eigenvalue weighted by molar-refractivity contribution is 5.99. The zero-order valence-corrected chi connectivity index (χ0v) is 12.2. The van der Waals surface area contributed by atoms with Gasteiger partial charge in [-0.1, -0.05) is 61.5 Å². The van der Waals surface area contributed by atoms with Gasteiger partial charge in [0.25, 0.3) is 0 Å². The van der Waals surface area contributed by atoms with Crippen molar-refractivity contribution in [1.82, 2.24) is 4.90 Å². The summed E-state index contributed by atoms with van der Waals surface area (Å²) in [5, 5.41) is 6.50. The second-order valence-corrected chi connectivity index (χ2v) is 4.66. The third kappa shape index (κ3) is 3.81. The first-order valence-electron chi connectivity index (χ1n) is 7.20. The number of fused-ring (bicyclic) bond motifs is 1. The van der Waals surface area contributed by atoms with Crippen molar-refractivity contribution in [3.63, 3.8) is 0 Å². The molecule has 0 unspecified atom stereocenters. The first-order chi connectivity index (χ1) is 9.85. The van der Waals surface area contributed by atoms with E-state index >= 15 is 0 Å². The van der Waals surface area contributed by atoms with Crippen LogP contribution in [0.4, 0.5) is 0 Å². The summed E-state index contributed by atoms with van der Waals surface area (Å²) >= 11 is 0. The molecule has 0 aromatic heterocycles. The Morgan fingerprint density at radius 3 is 2.60 bits per heavy atom. The van der Waals surface area contributed by atoms with Gasteiger partial charge in [0.05, 0.1) is 6.21 Å². The van der Waals surface area contributed by atoms with E-state index in [1.54, 1.807) is 6.21 Å². The lowest BCUT2D eigenvalue weighted by molar-refractivity contribution is 0.115. The van der Waals surface area contributed by atoms with Gasteiger partial charge >= 0.3 is 0 Å². The average molecular weight is 270 g/mol. The lowest BCUT2D eigenvalue weighted by Crippen LogP contribution is -2.26. The van der Waals surface area contributed by atoms with Crippen molar-refractivity contribution >= 4 is 17.0 Å². The fourth-order valence-corrected chi connectivity index (χ4v) is 2.22. The molecule has 0 fully saturated rings. The van der Waals surface area contributed by atoms with Crippen LogP contribution >= 0.6 is 0 Å². The van der Waals surface area contributed by atoms with E-state index in [2.05, 4.69) is 48.2 Å². The first-order valence-corrected chi connectivity index (χ1v) is 7.20. The highest BCUT2D eigenvalue weighted by Crippen LogP contribution is 2.16. The molecule has 0 amide bonds. The molecular weight excluding hydrogens is 248 g/mol. The van der Waals surface area contributed by atoms with E-state index in [9.17, 15) is 0 Å². The number of rotatable bonds is 7. The van der Waals surface area contributed by atoms with Gasteiger partial charge in [-0.25, -0.2) is 0 Å². The van der Waals surface area contributed by atoms with Crippen molar-refractivity contribution in [2.75, 3.05) is 26.2 Å². The fraction of sp³-hybridized carbons (Fsp3) is 0.353. The molecule has 0 spiro atoms. The van der Waals surface area contributed by atoms with E-state index in [4.69, 9.17) is 4.84 Å². The molecule has 0 saturated carbocycles. The van der Waals surface area contributed by atoms with Crippen molar-refractivity contribution in [2.24, 2.45) is 5.16 Å². The smallest absolute Gasteiger partial charge is 0.129 e. The summed E-state index contributed by atoms with van der Waals surface area (Å²) in [6.45, 7) is 7.95. The average Bonchev–Trinajstić information content (AvgIpc) is 2.51. The summed E-state index contributed by atoms with van der Waals surface area (Å²) < 4.78 is 0. The van der Waals surface area contributed by atoms with Gasteiger partial charge in [0.15, 0.2) is 0 Å². The van der Waals surface area contributed by atoms with Crippen molar-refractivity contribution in [3.8, 4) is 0 Å². The van der Waals surface area contributed by atoms with Crippen LogP contribution in [0.3, 0.4) is 0 Å². The van der Waals surface area contributed by atoms with E-state index in [0.717, 1.165) is 25.2 Å². The molecule has 2 aromatic carbocycles. The van der Waals surface area contributed by atoms with Crippen LogP contribution in [-0.4, -0.2) is 37.4 Å². The van der Waals surface area contributed by atoms with Crippen molar-refractivity contribution in [3.05, 3.63) is 48.0 Å². The Kier molecular flexibility index (Phi) is 5.56. The molecule has 0 saturated heterocycles. The number of benzene rings is 2. The summed E-state index contributed by atoms with van der Waals surface area (Å²) in [4.78, 5) is 7.66. The summed E-state index contributed by atoms with van der Waals surface area (Å²) in [7, 11) is 0. The summed E-state index contributed by atoms with van der Waals surface area (Å²) in [5.74, 6) is 0. The Bertz CT molecular complexity index is 556. The van der Waals surface area contributed by atoms with E-state index < -0.39 is 0 Å². The number of oxime groups is 1.